The molecule has 1 unspecified atom stereocenters. The summed E-state index contributed by atoms with van der Waals surface area (Å²) in [6.07, 6.45) is 1.00. The van der Waals surface area contributed by atoms with Crippen LogP contribution in [0.1, 0.15) is 22.7 Å². The Hall–Kier alpha value is -3.14. The smallest absolute Gasteiger partial charge is 0.244 e. The Bertz CT molecular complexity index is 996. The summed E-state index contributed by atoms with van der Waals surface area (Å²) in [5.74, 6) is -0.553. The second kappa shape index (κ2) is 6.64. The third-order valence-electron chi connectivity index (χ3n) is 5.04. The summed E-state index contributed by atoms with van der Waals surface area (Å²) in [4.78, 5) is 26.7. The van der Waals surface area contributed by atoms with Crippen LogP contribution in [0.3, 0.4) is 0 Å². The van der Waals surface area contributed by atoms with Crippen LogP contribution >= 0.6 is 0 Å². The zero-order valence-corrected chi connectivity index (χ0v) is 14.4. The molecule has 2 amide bonds. The van der Waals surface area contributed by atoms with E-state index in [1.54, 1.807) is 4.90 Å². The number of hydrogen-bond acceptors (Lipinski definition) is 2. The Morgan fingerprint density at radius 1 is 0.962 bits per heavy atom. The lowest BCUT2D eigenvalue weighted by Gasteiger charge is -2.35. The van der Waals surface area contributed by atoms with E-state index in [1.807, 2.05) is 66.7 Å². The Morgan fingerprint density at radius 2 is 1.69 bits per heavy atom. The minimum atomic E-state index is -0.687. The minimum Gasteiger partial charge on any atom is -0.368 e. The summed E-state index contributed by atoms with van der Waals surface area (Å²) in [5, 5.41) is 2.25. The fourth-order valence-corrected chi connectivity index (χ4v) is 3.77. The molecule has 1 atom stereocenters. The van der Waals surface area contributed by atoms with Gasteiger partial charge in [0.25, 0.3) is 0 Å². The fraction of sp³-hybridized carbons (Fsp3) is 0.182. The molecule has 0 saturated carbocycles. The van der Waals surface area contributed by atoms with Gasteiger partial charge in [0.05, 0.1) is 6.42 Å². The van der Waals surface area contributed by atoms with Crippen molar-refractivity contribution < 1.29 is 9.59 Å². The first-order chi connectivity index (χ1) is 12.6. The van der Waals surface area contributed by atoms with Gasteiger partial charge in [-0.1, -0.05) is 66.7 Å². The molecule has 0 aromatic heterocycles. The molecular formula is C22H20N2O2. The summed E-state index contributed by atoms with van der Waals surface area (Å²) >= 11 is 0. The lowest BCUT2D eigenvalue weighted by Crippen LogP contribution is -2.46. The largest absolute Gasteiger partial charge is 0.368 e. The van der Waals surface area contributed by atoms with Crippen LogP contribution in [0, 0.1) is 0 Å². The molecule has 130 valence electrons. The number of carbonyl (C=O) groups excluding carboxylic acids is 2. The molecule has 0 bridgehead atoms. The maximum absolute atomic E-state index is 12.9. The van der Waals surface area contributed by atoms with Crippen molar-refractivity contribution in [2.24, 2.45) is 5.73 Å². The normalized spacial score (nSPS) is 16.3. The zero-order chi connectivity index (χ0) is 18.1. The predicted octanol–water partition coefficient (Wildman–Crippen LogP) is 2.99. The van der Waals surface area contributed by atoms with Crippen molar-refractivity contribution in [1.29, 1.82) is 0 Å². The second-order valence-electron chi connectivity index (χ2n) is 6.70. The highest BCUT2D eigenvalue weighted by molar-refractivity contribution is 5.90. The Labute approximate surface area is 152 Å². The molecular weight excluding hydrogens is 324 g/mol. The molecule has 26 heavy (non-hydrogen) atoms. The van der Waals surface area contributed by atoms with Crippen LogP contribution in [-0.2, 0) is 22.4 Å². The van der Waals surface area contributed by atoms with Crippen molar-refractivity contribution in [3.05, 3.63) is 83.4 Å². The molecule has 0 radical (unpaired) electrons. The van der Waals surface area contributed by atoms with Gasteiger partial charge in [0.15, 0.2) is 0 Å². The maximum Gasteiger partial charge on any atom is 0.244 e. The summed E-state index contributed by atoms with van der Waals surface area (Å²) in [7, 11) is 0. The zero-order valence-electron chi connectivity index (χ0n) is 14.4. The van der Waals surface area contributed by atoms with Gasteiger partial charge in [0.1, 0.15) is 6.04 Å². The van der Waals surface area contributed by atoms with Gasteiger partial charge in [-0.3, -0.25) is 9.59 Å². The fourth-order valence-electron chi connectivity index (χ4n) is 3.77. The van der Waals surface area contributed by atoms with Crippen molar-refractivity contribution in [2.45, 2.75) is 18.9 Å². The lowest BCUT2D eigenvalue weighted by atomic mass is 9.91. The van der Waals surface area contributed by atoms with E-state index in [0.29, 0.717) is 6.54 Å². The van der Waals surface area contributed by atoms with Gasteiger partial charge in [0.2, 0.25) is 11.8 Å². The van der Waals surface area contributed by atoms with E-state index in [1.165, 1.54) is 0 Å². The van der Waals surface area contributed by atoms with Crippen LogP contribution in [0.2, 0.25) is 0 Å². The van der Waals surface area contributed by atoms with E-state index in [9.17, 15) is 9.59 Å². The number of primary amides is 1. The predicted molar refractivity (Wildman–Crippen MR) is 101 cm³/mol. The van der Waals surface area contributed by atoms with Crippen molar-refractivity contribution in [2.75, 3.05) is 6.54 Å². The summed E-state index contributed by atoms with van der Waals surface area (Å²) in [6.45, 7) is 0.511. The van der Waals surface area contributed by atoms with Gasteiger partial charge in [-0.25, -0.2) is 0 Å². The average Bonchev–Trinajstić information content (AvgIpc) is 2.66. The topological polar surface area (TPSA) is 63.4 Å². The molecule has 0 spiro atoms. The number of rotatable bonds is 3. The molecule has 4 nitrogen and oxygen atoms in total. The number of carbonyl (C=O) groups is 2. The van der Waals surface area contributed by atoms with Gasteiger partial charge in [-0.2, -0.15) is 0 Å². The molecule has 2 N–H and O–H groups in total. The molecule has 0 aliphatic carbocycles. The Balaban J connectivity index is 1.61. The number of nitrogens with two attached hydrogens (primary N) is 1. The maximum atomic E-state index is 12.9. The van der Waals surface area contributed by atoms with E-state index in [-0.39, 0.29) is 12.3 Å². The average molecular weight is 344 g/mol. The summed E-state index contributed by atoms with van der Waals surface area (Å²) in [6, 6.07) is 21.1. The Morgan fingerprint density at radius 3 is 2.50 bits per heavy atom. The van der Waals surface area contributed by atoms with Crippen molar-refractivity contribution in [3.8, 4) is 0 Å². The molecule has 1 aliphatic rings. The van der Waals surface area contributed by atoms with E-state index >= 15 is 0 Å². The van der Waals surface area contributed by atoms with E-state index in [4.69, 9.17) is 5.73 Å². The molecule has 3 aromatic rings. The van der Waals surface area contributed by atoms with Crippen molar-refractivity contribution >= 4 is 22.6 Å². The third kappa shape index (κ3) is 2.94. The van der Waals surface area contributed by atoms with E-state index in [0.717, 1.165) is 33.9 Å². The molecule has 3 aromatic carbocycles. The molecule has 4 rings (SSSR count). The first-order valence-corrected chi connectivity index (χ1v) is 8.78. The molecule has 0 saturated heterocycles. The standard InChI is InChI=1S/C22H20N2O2/c23-22(26)21-19-8-4-3-6-17(19)11-12-24(21)20(25)14-15-9-10-16-5-1-2-7-18(16)13-15/h1-10,13,21H,11-12,14H2,(H2,23,26). The number of benzene rings is 3. The quantitative estimate of drug-likeness (QED) is 0.794. The number of fused-ring (bicyclic) bond motifs is 2. The highest BCUT2D eigenvalue weighted by Gasteiger charge is 2.34. The first kappa shape index (κ1) is 16.3. The van der Waals surface area contributed by atoms with E-state index in [2.05, 4.69) is 0 Å². The third-order valence-corrected chi connectivity index (χ3v) is 5.04. The van der Waals surface area contributed by atoms with Crippen LogP contribution in [0.15, 0.2) is 66.7 Å². The van der Waals surface area contributed by atoms with Crippen LogP contribution in [0.4, 0.5) is 0 Å². The monoisotopic (exact) mass is 344 g/mol. The Kier molecular flexibility index (Phi) is 4.17. The van der Waals surface area contributed by atoms with Gasteiger partial charge in [-0.15, -0.1) is 0 Å². The number of amides is 2. The van der Waals surface area contributed by atoms with Gasteiger partial charge in [0, 0.05) is 6.54 Å². The van der Waals surface area contributed by atoms with Crippen molar-refractivity contribution in [3.63, 3.8) is 0 Å². The van der Waals surface area contributed by atoms with Gasteiger partial charge in [-0.05, 0) is 33.9 Å². The molecule has 1 aliphatic heterocycles. The van der Waals surface area contributed by atoms with E-state index < -0.39 is 11.9 Å². The molecule has 0 fully saturated rings. The van der Waals surface area contributed by atoms with Gasteiger partial charge >= 0.3 is 0 Å². The second-order valence-corrected chi connectivity index (χ2v) is 6.70. The van der Waals surface area contributed by atoms with Crippen molar-refractivity contribution in [1.82, 2.24) is 4.90 Å². The minimum absolute atomic E-state index is 0.0708. The lowest BCUT2D eigenvalue weighted by molar-refractivity contribution is -0.139. The SMILES string of the molecule is NC(=O)C1c2ccccc2CCN1C(=O)Cc1ccc2ccccc2c1. The molecule has 1 heterocycles. The summed E-state index contributed by atoms with van der Waals surface area (Å²) < 4.78 is 0. The summed E-state index contributed by atoms with van der Waals surface area (Å²) in [5.41, 5.74) is 8.52. The number of nitrogens with zero attached hydrogens (tertiary/aromatic N) is 1. The number of hydrogen-bond donors (Lipinski definition) is 1. The molecule has 4 heteroatoms. The first-order valence-electron chi connectivity index (χ1n) is 8.78. The van der Waals surface area contributed by atoms with Crippen LogP contribution in [0.5, 0.6) is 0 Å². The van der Waals surface area contributed by atoms with Crippen LogP contribution in [0.25, 0.3) is 10.8 Å². The van der Waals surface area contributed by atoms with Crippen LogP contribution in [-0.4, -0.2) is 23.3 Å². The van der Waals surface area contributed by atoms with Crippen LogP contribution < -0.4 is 5.73 Å². The van der Waals surface area contributed by atoms with Gasteiger partial charge < -0.3 is 10.6 Å². The highest BCUT2D eigenvalue weighted by atomic mass is 16.2. The highest BCUT2D eigenvalue weighted by Crippen LogP contribution is 2.30.